The lowest BCUT2D eigenvalue weighted by Crippen LogP contribution is -2.07. The molecule has 0 amide bonds. The third-order valence-electron chi connectivity index (χ3n) is 1.28. The zero-order valence-electron chi connectivity index (χ0n) is 6.04. The van der Waals surface area contributed by atoms with Crippen LogP contribution in [0.3, 0.4) is 0 Å². The van der Waals surface area contributed by atoms with E-state index in [0.29, 0.717) is 6.54 Å². The van der Waals surface area contributed by atoms with Crippen molar-refractivity contribution >= 4 is 12.4 Å². The van der Waals surface area contributed by atoms with Crippen LogP contribution in [0, 0.1) is 0 Å². The summed E-state index contributed by atoms with van der Waals surface area (Å²) in [5.41, 5.74) is 6.31. The first-order chi connectivity index (χ1) is 4.83. The Morgan fingerprint density at radius 2 is 2.18 bits per heavy atom. The van der Waals surface area contributed by atoms with Crippen molar-refractivity contribution in [2.45, 2.75) is 6.42 Å². The van der Waals surface area contributed by atoms with Crippen molar-refractivity contribution in [2.24, 2.45) is 5.73 Å². The molecule has 0 unspecified atom stereocenters. The number of nitrogens with two attached hydrogens (primary N) is 1. The summed E-state index contributed by atoms with van der Waals surface area (Å²) < 4.78 is 0. The van der Waals surface area contributed by atoms with Gasteiger partial charge in [-0.3, -0.25) is 4.79 Å². The fourth-order valence-electron chi connectivity index (χ4n) is 0.765. The Morgan fingerprint density at radius 1 is 1.45 bits per heavy atom. The summed E-state index contributed by atoms with van der Waals surface area (Å²) in [6, 6.07) is 3.29. The van der Waals surface area contributed by atoms with Gasteiger partial charge in [0.05, 0.1) is 0 Å². The minimum absolute atomic E-state index is 0. The highest BCUT2D eigenvalue weighted by Gasteiger charge is 1.88. The summed E-state index contributed by atoms with van der Waals surface area (Å²) in [6.45, 7) is 0.617. The quantitative estimate of drug-likeness (QED) is 0.678. The Hall–Kier alpha value is -0.800. The average molecular weight is 175 g/mol. The Morgan fingerprint density at radius 3 is 2.64 bits per heavy atom. The molecule has 0 spiro atoms. The van der Waals surface area contributed by atoms with E-state index in [1.807, 2.05) is 0 Å². The molecule has 0 saturated heterocycles. The molecule has 4 heteroatoms. The molecule has 0 fully saturated rings. The van der Waals surface area contributed by atoms with Crippen molar-refractivity contribution in [3.63, 3.8) is 0 Å². The third kappa shape index (κ3) is 3.20. The predicted octanol–water partition coefficient (Wildman–Crippen LogP) is 0.298. The van der Waals surface area contributed by atoms with E-state index < -0.39 is 0 Å². The highest BCUT2D eigenvalue weighted by molar-refractivity contribution is 5.85. The second kappa shape index (κ2) is 4.93. The maximum atomic E-state index is 10.5. The van der Waals surface area contributed by atoms with E-state index in [1.165, 1.54) is 6.07 Å². The highest BCUT2D eigenvalue weighted by Crippen LogP contribution is 1.91. The number of nitrogens with one attached hydrogen (secondary N) is 1. The largest absolute Gasteiger partial charge is 0.330 e. The van der Waals surface area contributed by atoms with Crippen LogP contribution in [0.15, 0.2) is 23.1 Å². The molecule has 62 valence electrons. The molecule has 0 aliphatic carbocycles. The van der Waals surface area contributed by atoms with Crippen molar-refractivity contribution in [2.75, 3.05) is 6.54 Å². The standard InChI is InChI=1S/C7H10N2O.ClH/c8-4-3-6-1-2-7(10)9-5-6;/h1-2,5H,3-4,8H2,(H,9,10);1H. The second-order valence-electron chi connectivity index (χ2n) is 2.10. The van der Waals surface area contributed by atoms with E-state index in [1.54, 1.807) is 12.3 Å². The summed E-state index contributed by atoms with van der Waals surface area (Å²) in [5.74, 6) is 0. The van der Waals surface area contributed by atoms with E-state index in [4.69, 9.17) is 5.73 Å². The maximum absolute atomic E-state index is 10.5. The second-order valence-corrected chi connectivity index (χ2v) is 2.10. The first-order valence-electron chi connectivity index (χ1n) is 3.20. The molecule has 0 radical (unpaired) electrons. The van der Waals surface area contributed by atoms with Crippen LogP contribution in [0.1, 0.15) is 5.56 Å². The van der Waals surface area contributed by atoms with Gasteiger partial charge >= 0.3 is 0 Å². The monoisotopic (exact) mass is 174 g/mol. The molecule has 3 nitrogen and oxygen atoms in total. The number of aromatic nitrogens is 1. The SMILES string of the molecule is Cl.NCCc1ccc(=O)[nH]c1. The molecule has 0 aliphatic heterocycles. The molecule has 0 bridgehead atoms. The maximum Gasteiger partial charge on any atom is 0.247 e. The van der Waals surface area contributed by atoms with Gasteiger partial charge in [0.2, 0.25) is 5.56 Å². The lowest BCUT2D eigenvalue weighted by Gasteiger charge is -1.94. The van der Waals surface area contributed by atoms with Crippen molar-refractivity contribution < 1.29 is 0 Å². The number of rotatable bonds is 2. The van der Waals surface area contributed by atoms with Crippen LogP contribution in [-0.2, 0) is 6.42 Å². The van der Waals surface area contributed by atoms with E-state index >= 15 is 0 Å². The first kappa shape index (κ1) is 10.2. The summed E-state index contributed by atoms with van der Waals surface area (Å²) in [7, 11) is 0. The van der Waals surface area contributed by atoms with Crippen LogP contribution >= 0.6 is 12.4 Å². The number of pyridine rings is 1. The third-order valence-corrected chi connectivity index (χ3v) is 1.28. The molecule has 0 atom stereocenters. The number of hydrogen-bond acceptors (Lipinski definition) is 2. The van der Waals surface area contributed by atoms with E-state index in [9.17, 15) is 4.79 Å². The fraction of sp³-hybridized carbons (Fsp3) is 0.286. The van der Waals surface area contributed by atoms with Crippen molar-refractivity contribution in [3.8, 4) is 0 Å². The molecular formula is C7H11ClN2O. The number of H-pyrrole nitrogens is 1. The van der Waals surface area contributed by atoms with Gasteiger partial charge in [-0.05, 0) is 18.5 Å². The molecule has 0 saturated carbocycles. The Kier molecular flexibility index (Phi) is 4.57. The van der Waals surface area contributed by atoms with Crippen molar-refractivity contribution in [1.82, 2.24) is 4.98 Å². The summed E-state index contributed by atoms with van der Waals surface area (Å²) in [4.78, 5) is 13.1. The average Bonchev–Trinajstić information content (AvgIpc) is 1.95. The molecule has 3 N–H and O–H groups in total. The Labute approximate surface area is 71.0 Å². The van der Waals surface area contributed by atoms with Gasteiger partial charge in [-0.25, -0.2) is 0 Å². The van der Waals surface area contributed by atoms with Gasteiger partial charge in [0, 0.05) is 12.3 Å². The van der Waals surface area contributed by atoms with Crippen molar-refractivity contribution in [1.29, 1.82) is 0 Å². The minimum atomic E-state index is -0.0687. The molecule has 0 aromatic carbocycles. The van der Waals surface area contributed by atoms with Crippen LogP contribution in [-0.4, -0.2) is 11.5 Å². The zero-order valence-corrected chi connectivity index (χ0v) is 6.86. The Bertz CT molecular complexity index is 238. The van der Waals surface area contributed by atoms with Gasteiger partial charge in [0.15, 0.2) is 0 Å². The smallest absolute Gasteiger partial charge is 0.247 e. The minimum Gasteiger partial charge on any atom is -0.330 e. The molecular weight excluding hydrogens is 164 g/mol. The molecule has 1 aromatic rings. The zero-order chi connectivity index (χ0) is 7.40. The van der Waals surface area contributed by atoms with Crippen LogP contribution in [0.5, 0.6) is 0 Å². The van der Waals surface area contributed by atoms with Gasteiger partial charge in [0.1, 0.15) is 0 Å². The molecule has 1 aromatic heterocycles. The van der Waals surface area contributed by atoms with Crippen molar-refractivity contribution in [3.05, 3.63) is 34.2 Å². The molecule has 1 heterocycles. The number of hydrogen-bond donors (Lipinski definition) is 2. The van der Waals surface area contributed by atoms with Crippen LogP contribution in [0.4, 0.5) is 0 Å². The van der Waals surface area contributed by atoms with E-state index in [-0.39, 0.29) is 18.0 Å². The lowest BCUT2D eigenvalue weighted by molar-refractivity contribution is 0.954. The van der Waals surface area contributed by atoms with E-state index in [2.05, 4.69) is 4.98 Å². The summed E-state index contributed by atoms with van der Waals surface area (Å²) in [5, 5.41) is 0. The first-order valence-corrected chi connectivity index (χ1v) is 3.20. The topological polar surface area (TPSA) is 58.9 Å². The fourth-order valence-corrected chi connectivity index (χ4v) is 0.765. The van der Waals surface area contributed by atoms with Gasteiger partial charge in [-0.1, -0.05) is 6.07 Å². The lowest BCUT2D eigenvalue weighted by atomic mass is 10.2. The molecule has 11 heavy (non-hydrogen) atoms. The highest BCUT2D eigenvalue weighted by atomic mass is 35.5. The predicted molar refractivity (Wildman–Crippen MR) is 47.1 cm³/mol. The molecule has 1 rings (SSSR count). The normalized spacial score (nSPS) is 8.82. The van der Waals surface area contributed by atoms with Gasteiger partial charge in [-0.2, -0.15) is 0 Å². The summed E-state index contributed by atoms with van der Waals surface area (Å²) >= 11 is 0. The number of halogens is 1. The van der Waals surface area contributed by atoms with Crippen LogP contribution in [0.25, 0.3) is 0 Å². The van der Waals surface area contributed by atoms with Gasteiger partial charge < -0.3 is 10.7 Å². The Balaban J connectivity index is 0.000001000. The van der Waals surface area contributed by atoms with Gasteiger partial charge in [-0.15, -0.1) is 12.4 Å². The number of aromatic amines is 1. The van der Waals surface area contributed by atoms with Crippen LogP contribution in [0.2, 0.25) is 0 Å². The summed E-state index contributed by atoms with van der Waals surface area (Å²) in [6.07, 6.45) is 2.51. The van der Waals surface area contributed by atoms with Crippen LogP contribution < -0.4 is 11.3 Å². The molecule has 0 aliphatic rings. The van der Waals surface area contributed by atoms with Gasteiger partial charge in [0.25, 0.3) is 0 Å². The van der Waals surface area contributed by atoms with E-state index in [0.717, 1.165) is 12.0 Å².